The molecule has 0 aliphatic carbocycles. The topological polar surface area (TPSA) is 107 Å². The second kappa shape index (κ2) is 8.04. The Morgan fingerprint density at radius 2 is 1.91 bits per heavy atom. The van der Waals surface area contributed by atoms with Crippen molar-refractivity contribution in [2.45, 2.75) is 12.2 Å². The van der Waals surface area contributed by atoms with Gasteiger partial charge in [-0.25, -0.2) is 9.97 Å². The minimum Gasteiger partial charge on any atom is -0.494 e. The number of hydrogen-bond acceptors (Lipinski definition) is 7. The van der Waals surface area contributed by atoms with Crippen LogP contribution in [0.25, 0.3) is 27.8 Å². The summed E-state index contributed by atoms with van der Waals surface area (Å²) in [5.41, 5.74) is 1.76. The summed E-state index contributed by atoms with van der Waals surface area (Å²) in [6, 6.07) is 2.82. The number of rotatable bonds is 6. The Morgan fingerprint density at radius 1 is 1.12 bits per heavy atom. The van der Waals surface area contributed by atoms with Gasteiger partial charge >= 0.3 is 6.18 Å². The summed E-state index contributed by atoms with van der Waals surface area (Å²) < 4.78 is 51.4. The second-order valence-electron chi connectivity index (χ2n) is 6.81. The van der Waals surface area contributed by atoms with E-state index in [1.54, 1.807) is 24.4 Å². The number of aromatic nitrogens is 5. The van der Waals surface area contributed by atoms with Crippen LogP contribution in [0.5, 0.6) is 17.5 Å². The fourth-order valence-electron chi connectivity index (χ4n) is 3.26. The summed E-state index contributed by atoms with van der Waals surface area (Å²) in [4.78, 5) is 8.69. The zero-order chi connectivity index (χ0) is 23.0. The zero-order valence-corrected chi connectivity index (χ0v) is 16.9. The van der Waals surface area contributed by atoms with Crippen molar-refractivity contribution < 1.29 is 32.9 Å². The van der Waals surface area contributed by atoms with Gasteiger partial charge in [-0.2, -0.15) is 18.3 Å². The molecule has 0 saturated heterocycles. The van der Waals surface area contributed by atoms with E-state index in [4.69, 9.17) is 14.6 Å². The molecule has 0 amide bonds. The lowest BCUT2D eigenvalue weighted by atomic mass is 10.1. The molecule has 9 nitrogen and oxygen atoms in total. The second-order valence-corrected chi connectivity index (χ2v) is 6.81. The van der Waals surface area contributed by atoms with Crippen LogP contribution in [0.2, 0.25) is 0 Å². The molecule has 0 radical (unpaired) electrons. The maximum Gasteiger partial charge on any atom is 0.413 e. The third-order valence-electron chi connectivity index (χ3n) is 4.91. The van der Waals surface area contributed by atoms with Crippen molar-refractivity contribution in [1.29, 1.82) is 0 Å². The van der Waals surface area contributed by atoms with Crippen LogP contribution in [0.15, 0.2) is 43.0 Å². The van der Waals surface area contributed by atoms with Gasteiger partial charge in [0.25, 0.3) is 5.88 Å². The first-order valence-electron chi connectivity index (χ1n) is 9.28. The van der Waals surface area contributed by atoms with Crippen molar-refractivity contribution in [2.75, 3.05) is 20.8 Å². The smallest absolute Gasteiger partial charge is 0.413 e. The lowest BCUT2D eigenvalue weighted by Crippen LogP contribution is -2.29. The number of ether oxygens (including phenoxy) is 2. The molecule has 0 spiro atoms. The van der Waals surface area contributed by atoms with Crippen LogP contribution in [0.4, 0.5) is 13.2 Å². The molecule has 4 aromatic rings. The Hall–Kier alpha value is -3.80. The molecular weight excluding hydrogens is 431 g/mol. The molecule has 0 aliphatic heterocycles. The highest BCUT2D eigenvalue weighted by atomic mass is 19.4. The van der Waals surface area contributed by atoms with Gasteiger partial charge in [-0.1, -0.05) is 0 Å². The molecule has 4 rings (SSSR count). The molecule has 12 heteroatoms. The highest BCUT2D eigenvalue weighted by Gasteiger charge is 2.41. The lowest BCUT2D eigenvalue weighted by molar-refractivity contribution is -0.178. The average molecular weight is 449 g/mol. The van der Waals surface area contributed by atoms with Gasteiger partial charge in [-0.05, 0) is 18.2 Å². The number of halogens is 3. The molecule has 0 unspecified atom stereocenters. The van der Waals surface area contributed by atoms with E-state index in [-0.39, 0.29) is 11.6 Å². The molecule has 0 aliphatic rings. The molecule has 4 heterocycles. The summed E-state index contributed by atoms with van der Waals surface area (Å²) in [7, 11) is 2.96. The van der Waals surface area contributed by atoms with Crippen LogP contribution in [-0.2, 0) is 0 Å². The Balaban J connectivity index is 1.73. The van der Waals surface area contributed by atoms with Crippen LogP contribution in [-0.4, -0.2) is 61.5 Å². The molecule has 0 aromatic carbocycles. The Kier molecular flexibility index (Phi) is 5.38. The first-order chi connectivity index (χ1) is 15.3. The van der Waals surface area contributed by atoms with E-state index in [0.717, 1.165) is 12.4 Å². The number of alkyl halides is 3. The van der Waals surface area contributed by atoms with Gasteiger partial charge in [0.15, 0.2) is 11.8 Å². The maximum atomic E-state index is 13.1. The fourth-order valence-corrected chi connectivity index (χ4v) is 3.26. The molecular formula is C20H18F3N5O4. The van der Waals surface area contributed by atoms with E-state index < -0.39 is 18.8 Å². The van der Waals surface area contributed by atoms with E-state index in [0.29, 0.717) is 38.5 Å². The van der Waals surface area contributed by atoms with Crippen molar-refractivity contribution in [2.24, 2.45) is 0 Å². The average Bonchev–Trinajstić information content (AvgIpc) is 3.37. The van der Waals surface area contributed by atoms with Gasteiger partial charge in [0.05, 0.1) is 49.3 Å². The monoisotopic (exact) mass is 449 g/mol. The third kappa shape index (κ3) is 3.68. The largest absolute Gasteiger partial charge is 0.494 e. The summed E-state index contributed by atoms with van der Waals surface area (Å²) in [5.74, 6) is 0.526. The first kappa shape index (κ1) is 21.4. The summed E-state index contributed by atoms with van der Waals surface area (Å²) in [6.45, 7) is -1.16. The number of methoxy groups -OCH3 is 2. The van der Waals surface area contributed by atoms with Crippen molar-refractivity contribution in [3.8, 4) is 34.5 Å². The Morgan fingerprint density at radius 3 is 2.56 bits per heavy atom. The van der Waals surface area contributed by atoms with Gasteiger partial charge < -0.3 is 19.7 Å². The minimum absolute atomic E-state index is 0.178. The van der Waals surface area contributed by atoms with Crippen LogP contribution < -0.4 is 9.47 Å². The Labute approximate surface area is 179 Å². The molecule has 168 valence electrons. The lowest BCUT2D eigenvalue weighted by Gasteiger charge is -2.17. The fraction of sp³-hybridized carbons (Fsp3) is 0.250. The molecule has 32 heavy (non-hydrogen) atoms. The van der Waals surface area contributed by atoms with E-state index in [1.807, 2.05) is 0 Å². The highest BCUT2D eigenvalue weighted by Crippen LogP contribution is 2.34. The summed E-state index contributed by atoms with van der Waals surface area (Å²) in [5, 5.41) is 23.8. The minimum atomic E-state index is -4.68. The van der Waals surface area contributed by atoms with E-state index >= 15 is 0 Å². The zero-order valence-electron chi connectivity index (χ0n) is 16.9. The first-order valence-corrected chi connectivity index (χ1v) is 9.28. The van der Waals surface area contributed by atoms with Gasteiger partial charge in [-0.15, -0.1) is 0 Å². The van der Waals surface area contributed by atoms with Crippen LogP contribution in [0.3, 0.4) is 0 Å². The van der Waals surface area contributed by atoms with Gasteiger partial charge in [-0.3, -0.25) is 9.25 Å². The summed E-state index contributed by atoms with van der Waals surface area (Å²) in [6.07, 6.45) is 0.609. The molecule has 0 bridgehead atoms. The molecule has 4 aromatic heterocycles. The van der Waals surface area contributed by atoms with Gasteiger partial charge in [0.1, 0.15) is 0 Å². The SMILES string of the molecule is COc1cc(-c2ccc3c(O)n(-c4cnn([C@@H](CO)C(F)(F)F)c4)cc3n2)cnc1OC. The number of hydrogen-bond donors (Lipinski definition) is 2. The molecule has 0 fully saturated rings. The highest BCUT2D eigenvalue weighted by molar-refractivity contribution is 5.87. The quantitative estimate of drug-likeness (QED) is 0.466. The van der Waals surface area contributed by atoms with Gasteiger partial charge in [0.2, 0.25) is 5.88 Å². The van der Waals surface area contributed by atoms with Crippen LogP contribution >= 0.6 is 0 Å². The number of fused-ring (bicyclic) bond motifs is 1. The van der Waals surface area contributed by atoms with Gasteiger partial charge in [0, 0.05) is 24.2 Å². The van der Waals surface area contributed by atoms with E-state index in [2.05, 4.69) is 15.1 Å². The predicted molar refractivity (Wildman–Crippen MR) is 107 cm³/mol. The molecule has 2 N–H and O–H groups in total. The number of pyridine rings is 2. The predicted octanol–water partition coefficient (Wildman–Crippen LogP) is 3.10. The molecule has 1 atom stereocenters. The van der Waals surface area contributed by atoms with Crippen molar-refractivity contribution in [3.63, 3.8) is 0 Å². The number of aliphatic hydroxyl groups excluding tert-OH is 1. The molecule has 0 saturated carbocycles. The maximum absolute atomic E-state index is 13.1. The number of aliphatic hydroxyl groups is 1. The number of aromatic hydroxyl groups is 1. The Bertz CT molecular complexity index is 1270. The number of nitrogens with zero attached hydrogens (tertiary/aromatic N) is 5. The van der Waals surface area contributed by atoms with E-state index in [1.165, 1.54) is 25.0 Å². The standard InChI is InChI=1S/C20H18F3N5O4/c1-31-16-5-11(6-24-18(16)32-2)14-4-3-13-15(26-14)9-27(19(13)30)12-7-25-28(8-12)17(10-29)20(21,22)23/h3-9,17,29-30H,10H2,1-2H3/t17-/m0/s1. The van der Waals surface area contributed by atoms with Crippen LogP contribution in [0, 0.1) is 0 Å². The normalized spacial score (nSPS) is 12.8. The van der Waals surface area contributed by atoms with Crippen molar-refractivity contribution in [1.82, 2.24) is 24.3 Å². The van der Waals surface area contributed by atoms with E-state index in [9.17, 15) is 18.3 Å². The third-order valence-corrected chi connectivity index (χ3v) is 4.91. The van der Waals surface area contributed by atoms with Crippen molar-refractivity contribution >= 4 is 10.9 Å². The van der Waals surface area contributed by atoms with Crippen molar-refractivity contribution in [3.05, 3.63) is 43.0 Å². The van der Waals surface area contributed by atoms with Crippen LogP contribution in [0.1, 0.15) is 6.04 Å². The summed E-state index contributed by atoms with van der Waals surface area (Å²) >= 11 is 0.